The lowest BCUT2D eigenvalue weighted by molar-refractivity contribution is 0.747. The summed E-state index contributed by atoms with van der Waals surface area (Å²) in [6, 6.07) is 44.9. The Morgan fingerprint density at radius 3 is 2.27 bits per heavy atom. The van der Waals surface area contributed by atoms with Crippen LogP contribution in [-0.4, -0.2) is 10.6 Å². The molecule has 210 valence electrons. The van der Waals surface area contributed by atoms with Gasteiger partial charge in [-0.25, -0.2) is 0 Å². The van der Waals surface area contributed by atoms with Crippen molar-refractivity contribution in [3.8, 4) is 5.69 Å². The number of anilines is 2. The molecule has 2 heteroatoms. The predicted octanol–water partition coefficient (Wildman–Crippen LogP) is 10.6. The molecular formula is C42H32N2. The van der Waals surface area contributed by atoms with Crippen molar-refractivity contribution in [1.29, 1.82) is 0 Å². The number of fused-ring (bicyclic) bond motifs is 6. The average molecular weight is 565 g/mol. The molecule has 9 rings (SSSR count). The summed E-state index contributed by atoms with van der Waals surface area (Å²) in [5.74, 6) is 0.759. The normalized spacial score (nSPS) is 20.2. The van der Waals surface area contributed by atoms with E-state index in [1.165, 1.54) is 61.1 Å². The van der Waals surface area contributed by atoms with E-state index in [-0.39, 0.29) is 6.04 Å². The van der Waals surface area contributed by atoms with Gasteiger partial charge in [0.2, 0.25) is 0 Å². The van der Waals surface area contributed by atoms with Gasteiger partial charge in [-0.3, -0.25) is 0 Å². The number of para-hydroxylation sites is 3. The Morgan fingerprint density at radius 2 is 1.41 bits per heavy atom. The van der Waals surface area contributed by atoms with E-state index in [1.807, 2.05) is 0 Å². The number of hydrogen-bond acceptors (Lipinski definition) is 1. The summed E-state index contributed by atoms with van der Waals surface area (Å²) in [7, 11) is 0. The average Bonchev–Trinajstić information content (AvgIpc) is 3.61. The standard InChI is InChI=1S/C42H32N2/c1-3-11-29(12-4-1)30-19-23-34(24-20-30)44-40-18-10-8-16-36(40)38-28-32(22-26-42(38)44)31-21-25-41-37(27-31)35-15-7-9-17-39(35)43(41)33-13-5-2-6-14-33/h1-11,13-29,37,41H,12H2. The number of allylic oxidation sites excluding steroid dienone is 6. The first-order chi connectivity index (χ1) is 21.8. The zero-order valence-electron chi connectivity index (χ0n) is 24.4. The molecule has 0 fully saturated rings. The highest BCUT2D eigenvalue weighted by atomic mass is 15.2. The van der Waals surface area contributed by atoms with Crippen LogP contribution in [0.15, 0.2) is 164 Å². The van der Waals surface area contributed by atoms with Crippen molar-refractivity contribution in [2.24, 2.45) is 0 Å². The molecule has 0 radical (unpaired) electrons. The Labute approximate surface area is 258 Å². The summed E-state index contributed by atoms with van der Waals surface area (Å²) in [4.78, 5) is 2.49. The van der Waals surface area contributed by atoms with Gasteiger partial charge < -0.3 is 9.47 Å². The van der Waals surface area contributed by atoms with Crippen LogP contribution in [0.4, 0.5) is 11.4 Å². The minimum absolute atomic E-state index is 0.271. The maximum atomic E-state index is 2.49. The van der Waals surface area contributed by atoms with Gasteiger partial charge in [0.1, 0.15) is 0 Å². The van der Waals surface area contributed by atoms with Gasteiger partial charge in [0.15, 0.2) is 0 Å². The number of aromatic nitrogens is 1. The van der Waals surface area contributed by atoms with E-state index in [0.29, 0.717) is 11.8 Å². The molecule has 1 aliphatic heterocycles. The first-order valence-electron chi connectivity index (χ1n) is 15.6. The summed E-state index contributed by atoms with van der Waals surface area (Å²) in [6.45, 7) is 0. The lowest BCUT2D eigenvalue weighted by Gasteiger charge is -2.29. The molecule has 0 spiro atoms. The van der Waals surface area contributed by atoms with Gasteiger partial charge in [0.25, 0.3) is 0 Å². The Hall–Kier alpha value is -5.34. The molecule has 3 unspecified atom stereocenters. The van der Waals surface area contributed by atoms with Crippen molar-refractivity contribution in [2.75, 3.05) is 4.90 Å². The van der Waals surface area contributed by atoms with Crippen LogP contribution in [0.5, 0.6) is 0 Å². The Balaban J connectivity index is 1.12. The molecule has 0 saturated carbocycles. The third-order valence-corrected chi connectivity index (χ3v) is 9.65. The molecule has 0 bridgehead atoms. The highest BCUT2D eigenvalue weighted by Crippen LogP contribution is 2.49. The first-order valence-corrected chi connectivity index (χ1v) is 15.6. The Morgan fingerprint density at radius 1 is 0.614 bits per heavy atom. The van der Waals surface area contributed by atoms with Crippen LogP contribution in [0.25, 0.3) is 33.1 Å². The van der Waals surface area contributed by atoms with Crippen LogP contribution in [0, 0.1) is 0 Å². The number of benzene rings is 5. The molecule has 2 heterocycles. The van der Waals surface area contributed by atoms with Gasteiger partial charge in [-0.05, 0) is 77.2 Å². The highest BCUT2D eigenvalue weighted by Gasteiger charge is 2.38. The molecule has 0 saturated heterocycles. The second kappa shape index (κ2) is 10.1. The van der Waals surface area contributed by atoms with Gasteiger partial charge >= 0.3 is 0 Å². The lowest BCUT2D eigenvalue weighted by Crippen LogP contribution is -2.28. The third kappa shape index (κ3) is 3.95. The molecule has 6 aromatic rings. The maximum Gasteiger partial charge on any atom is 0.0630 e. The lowest BCUT2D eigenvalue weighted by atomic mass is 9.86. The molecule has 1 aromatic heterocycles. The van der Waals surface area contributed by atoms with E-state index >= 15 is 0 Å². The van der Waals surface area contributed by atoms with Gasteiger partial charge in [-0.1, -0.05) is 115 Å². The summed E-state index contributed by atoms with van der Waals surface area (Å²) in [5.41, 5.74) is 11.5. The minimum Gasteiger partial charge on any atom is -0.333 e. The van der Waals surface area contributed by atoms with E-state index in [1.54, 1.807) is 0 Å². The molecule has 3 aliphatic rings. The smallest absolute Gasteiger partial charge is 0.0630 e. The first kappa shape index (κ1) is 25.2. The zero-order chi connectivity index (χ0) is 29.0. The van der Waals surface area contributed by atoms with Crippen molar-refractivity contribution < 1.29 is 0 Å². The third-order valence-electron chi connectivity index (χ3n) is 9.65. The van der Waals surface area contributed by atoms with Crippen LogP contribution >= 0.6 is 0 Å². The van der Waals surface area contributed by atoms with E-state index < -0.39 is 0 Å². The van der Waals surface area contributed by atoms with Crippen molar-refractivity contribution >= 4 is 38.8 Å². The highest BCUT2D eigenvalue weighted by molar-refractivity contribution is 6.10. The fourth-order valence-electron chi connectivity index (χ4n) is 7.56. The number of nitrogens with zero attached hydrogens (tertiary/aromatic N) is 2. The van der Waals surface area contributed by atoms with Gasteiger partial charge in [0.05, 0.1) is 17.1 Å². The van der Waals surface area contributed by atoms with Crippen molar-refractivity contribution in [1.82, 2.24) is 4.57 Å². The summed E-state index contributed by atoms with van der Waals surface area (Å²) in [5, 5.41) is 2.57. The van der Waals surface area contributed by atoms with Gasteiger partial charge in [-0.2, -0.15) is 0 Å². The van der Waals surface area contributed by atoms with Crippen LogP contribution in [0.3, 0.4) is 0 Å². The van der Waals surface area contributed by atoms with Crippen molar-refractivity contribution in [3.05, 3.63) is 181 Å². The van der Waals surface area contributed by atoms with Crippen LogP contribution < -0.4 is 4.90 Å². The molecule has 5 aromatic carbocycles. The SMILES string of the molecule is C1=CCC(c2ccc(-n3c4ccccc4c4cc(C5=CC6c7ccccc7N(c7ccccc7)C6C=C5)ccc43)cc2)C=C1. The summed E-state index contributed by atoms with van der Waals surface area (Å²) < 4.78 is 2.42. The van der Waals surface area contributed by atoms with Crippen molar-refractivity contribution in [2.45, 2.75) is 24.3 Å². The molecule has 0 amide bonds. The topological polar surface area (TPSA) is 8.17 Å². The summed E-state index contributed by atoms with van der Waals surface area (Å²) in [6.07, 6.45) is 17.1. The van der Waals surface area contributed by atoms with Crippen LogP contribution in [0.2, 0.25) is 0 Å². The molecule has 44 heavy (non-hydrogen) atoms. The van der Waals surface area contributed by atoms with Gasteiger partial charge in [-0.15, -0.1) is 0 Å². The van der Waals surface area contributed by atoms with Gasteiger partial charge in [0, 0.05) is 39.7 Å². The molecule has 2 nitrogen and oxygen atoms in total. The Bertz CT molecular complexity index is 2160. The van der Waals surface area contributed by atoms with Crippen molar-refractivity contribution in [3.63, 3.8) is 0 Å². The largest absolute Gasteiger partial charge is 0.333 e. The Kier molecular flexibility index (Phi) is 5.80. The fourth-order valence-corrected chi connectivity index (χ4v) is 7.56. The number of rotatable bonds is 4. The predicted molar refractivity (Wildman–Crippen MR) is 185 cm³/mol. The zero-order valence-corrected chi connectivity index (χ0v) is 24.4. The maximum absolute atomic E-state index is 2.49. The molecule has 0 N–H and O–H groups in total. The van der Waals surface area contributed by atoms with Crippen LogP contribution in [0.1, 0.15) is 34.9 Å². The quantitative estimate of drug-likeness (QED) is 0.207. The minimum atomic E-state index is 0.271. The molecular weight excluding hydrogens is 532 g/mol. The summed E-state index contributed by atoms with van der Waals surface area (Å²) >= 11 is 0. The van der Waals surface area contributed by atoms with E-state index in [0.717, 1.165) is 6.42 Å². The van der Waals surface area contributed by atoms with Crippen LogP contribution in [-0.2, 0) is 0 Å². The molecule has 2 aliphatic carbocycles. The van der Waals surface area contributed by atoms with E-state index in [2.05, 4.69) is 173 Å². The second-order valence-electron chi connectivity index (χ2n) is 12.1. The molecule has 3 atom stereocenters. The van der Waals surface area contributed by atoms with E-state index in [4.69, 9.17) is 0 Å². The monoisotopic (exact) mass is 564 g/mol. The fraction of sp³-hybridized carbons (Fsp3) is 0.0952. The number of hydrogen-bond donors (Lipinski definition) is 0. The van der Waals surface area contributed by atoms with E-state index in [9.17, 15) is 0 Å². The second-order valence-corrected chi connectivity index (χ2v) is 12.1.